The van der Waals surface area contributed by atoms with Crippen molar-refractivity contribution in [2.75, 3.05) is 19.5 Å². The summed E-state index contributed by atoms with van der Waals surface area (Å²) in [4.78, 5) is 30.0. The van der Waals surface area contributed by atoms with Crippen LogP contribution < -0.4 is 20.3 Å². The van der Waals surface area contributed by atoms with E-state index in [1.54, 1.807) is 22.9 Å². The molecule has 164 valence electrons. The van der Waals surface area contributed by atoms with Crippen LogP contribution in [0.4, 0.5) is 5.69 Å². The van der Waals surface area contributed by atoms with E-state index < -0.39 is 5.91 Å². The number of anilines is 1. The first-order chi connectivity index (χ1) is 15.4. The number of ether oxygens (including phenoxy) is 2. The summed E-state index contributed by atoms with van der Waals surface area (Å²) in [6.45, 7) is 3.80. The van der Waals surface area contributed by atoms with Crippen molar-refractivity contribution >= 4 is 22.6 Å². The fourth-order valence-corrected chi connectivity index (χ4v) is 3.46. The number of nitrogens with one attached hydrogen (secondary N) is 1. The minimum absolute atomic E-state index is 0.212. The van der Waals surface area contributed by atoms with E-state index in [1.807, 2.05) is 32.0 Å². The molecule has 2 aromatic heterocycles. The Morgan fingerprint density at radius 3 is 2.69 bits per heavy atom. The van der Waals surface area contributed by atoms with Gasteiger partial charge in [0.05, 0.1) is 31.8 Å². The van der Waals surface area contributed by atoms with Crippen molar-refractivity contribution in [1.82, 2.24) is 19.3 Å². The Morgan fingerprint density at radius 1 is 1.12 bits per heavy atom. The summed E-state index contributed by atoms with van der Waals surface area (Å²) in [6, 6.07) is 10.9. The van der Waals surface area contributed by atoms with Crippen LogP contribution >= 0.6 is 0 Å². The molecule has 0 atom stereocenters. The molecule has 0 saturated carbocycles. The zero-order chi connectivity index (χ0) is 22.8. The largest absolute Gasteiger partial charge is 0.497 e. The molecule has 0 radical (unpaired) electrons. The number of hydrogen-bond acceptors (Lipinski definition) is 6. The summed E-state index contributed by atoms with van der Waals surface area (Å²) in [5.74, 6) is 0.650. The first-order valence-corrected chi connectivity index (χ1v) is 9.94. The van der Waals surface area contributed by atoms with Crippen LogP contribution in [-0.2, 0) is 11.3 Å². The van der Waals surface area contributed by atoms with Crippen molar-refractivity contribution in [2.24, 2.45) is 0 Å². The normalized spacial score (nSPS) is 10.9. The van der Waals surface area contributed by atoms with Gasteiger partial charge in [0.1, 0.15) is 29.8 Å². The van der Waals surface area contributed by atoms with Crippen LogP contribution in [0.15, 0.2) is 53.7 Å². The fourth-order valence-electron chi connectivity index (χ4n) is 3.46. The SMILES string of the molecule is COc1ccc(OC)c(NC(=O)Cn2cnc3c(cnn3-c3cccc(C)c3C)c2=O)c1. The Bertz CT molecular complexity index is 1370. The van der Waals surface area contributed by atoms with Gasteiger partial charge in [-0.15, -0.1) is 0 Å². The average Bonchev–Trinajstić information content (AvgIpc) is 3.22. The van der Waals surface area contributed by atoms with Crippen molar-refractivity contribution in [3.63, 3.8) is 0 Å². The number of methoxy groups -OCH3 is 2. The Labute approximate surface area is 184 Å². The quantitative estimate of drug-likeness (QED) is 0.502. The molecule has 0 saturated heterocycles. The number of carbonyl (C=O) groups is 1. The molecule has 0 aliphatic rings. The molecular weight excluding hydrogens is 410 g/mol. The van der Waals surface area contributed by atoms with Gasteiger partial charge in [0, 0.05) is 6.07 Å². The molecule has 0 spiro atoms. The monoisotopic (exact) mass is 433 g/mol. The van der Waals surface area contributed by atoms with E-state index in [0.717, 1.165) is 16.8 Å². The zero-order valence-corrected chi connectivity index (χ0v) is 18.2. The molecule has 32 heavy (non-hydrogen) atoms. The number of fused-ring (bicyclic) bond motifs is 1. The van der Waals surface area contributed by atoms with Crippen molar-refractivity contribution in [3.8, 4) is 17.2 Å². The third kappa shape index (κ3) is 3.80. The molecule has 0 aliphatic heterocycles. The van der Waals surface area contributed by atoms with E-state index in [1.165, 1.54) is 31.3 Å². The van der Waals surface area contributed by atoms with Crippen molar-refractivity contribution in [3.05, 3.63) is 70.4 Å². The molecule has 1 amide bonds. The number of nitrogens with zero attached hydrogens (tertiary/aromatic N) is 4. The van der Waals surface area contributed by atoms with Crippen LogP contribution in [0.1, 0.15) is 11.1 Å². The predicted octanol–water partition coefficient (Wildman–Crippen LogP) is 2.85. The molecular formula is C23H23N5O4. The Morgan fingerprint density at radius 2 is 1.94 bits per heavy atom. The highest BCUT2D eigenvalue weighted by molar-refractivity contribution is 5.92. The molecule has 9 heteroatoms. The van der Waals surface area contributed by atoms with E-state index in [9.17, 15) is 9.59 Å². The van der Waals surface area contributed by atoms with E-state index in [0.29, 0.717) is 28.2 Å². The number of carbonyl (C=O) groups excluding carboxylic acids is 1. The van der Waals surface area contributed by atoms with Crippen LogP contribution in [0.3, 0.4) is 0 Å². The summed E-state index contributed by atoms with van der Waals surface area (Å²) < 4.78 is 13.4. The van der Waals surface area contributed by atoms with Gasteiger partial charge in [-0.05, 0) is 43.2 Å². The highest BCUT2D eigenvalue weighted by Crippen LogP contribution is 2.28. The van der Waals surface area contributed by atoms with E-state index in [-0.39, 0.29) is 12.1 Å². The molecule has 0 bridgehead atoms. The van der Waals surface area contributed by atoms with E-state index in [2.05, 4.69) is 15.4 Å². The van der Waals surface area contributed by atoms with Crippen molar-refractivity contribution in [1.29, 1.82) is 0 Å². The maximum atomic E-state index is 13.0. The molecule has 2 aromatic carbocycles. The lowest BCUT2D eigenvalue weighted by Crippen LogP contribution is -2.28. The number of hydrogen-bond donors (Lipinski definition) is 1. The van der Waals surface area contributed by atoms with Crippen molar-refractivity contribution < 1.29 is 14.3 Å². The number of aromatic nitrogens is 4. The lowest BCUT2D eigenvalue weighted by atomic mass is 10.1. The molecule has 2 heterocycles. The summed E-state index contributed by atoms with van der Waals surface area (Å²) >= 11 is 0. The molecule has 0 aliphatic carbocycles. The van der Waals surface area contributed by atoms with E-state index in [4.69, 9.17) is 9.47 Å². The van der Waals surface area contributed by atoms with Gasteiger partial charge in [-0.3, -0.25) is 14.2 Å². The number of benzene rings is 2. The molecule has 4 aromatic rings. The van der Waals surface area contributed by atoms with E-state index >= 15 is 0 Å². The lowest BCUT2D eigenvalue weighted by molar-refractivity contribution is -0.116. The van der Waals surface area contributed by atoms with Crippen LogP contribution in [0.2, 0.25) is 0 Å². The molecule has 1 N–H and O–H groups in total. The van der Waals surface area contributed by atoms with Gasteiger partial charge in [0.2, 0.25) is 5.91 Å². The summed E-state index contributed by atoms with van der Waals surface area (Å²) in [5, 5.41) is 7.45. The molecule has 9 nitrogen and oxygen atoms in total. The third-order valence-electron chi connectivity index (χ3n) is 5.35. The molecule has 0 unspecified atom stereocenters. The van der Waals surface area contributed by atoms with Gasteiger partial charge in [0.15, 0.2) is 5.65 Å². The van der Waals surface area contributed by atoms with Crippen LogP contribution in [0.5, 0.6) is 11.5 Å². The fraction of sp³-hybridized carbons (Fsp3) is 0.217. The van der Waals surface area contributed by atoms with Crippen LogP contribution in [0, 0.1) is 13.8 Å². The van der Waals surface area contributed by atoms with Gasteiger partial charge in [-0.2, -0.15) is 5.10 Å². The van der Waals surface area contributed by atoms with Crippen molar-refractivity contribution in [2.45, 2.75) is 20.4 Å². The molecule has 0 fully saturated rings. The number of amides is 1. The minimum Gasteiger partial charge on any atom is -0.497 e. The maximum Gasteiger partial charge on any atom is 0.264 e. The van der Waals surface area contributed by atoms with Gasteiger partial charge in [-0.25, -0.2) is 9.67 Å². The topological polar surface area (TPSA) is 100 Å². The summed E-state index contributed by atoms with van der Waals surface area (Å²) in [6.07, 6.45) is 2.84. The van der Waals surface area contributed by atoms with Crippen LogP contribution in [-0.4, -0.2) is 39.5 Å². The Hall–Kier alpha value is -4.14. The lowest BCUT2D eigenvalue weighted by Gasteiger charge is -2.12. The third-order valence-corrected chi connectivity index (χ3v) is 5.35. The predicted molar refractivity (Wildman–Crippen MR) is 121 cm³/mol. The van der Waals surface area contributed by atoms with Gasteiger partial charge in [-0.1, -0.05) is 12.1 Å². The standard InChI is InChI=1S/C23H23N5O4/c1-14-6-5-7-19(15(14)2)28-22-17(11-25-28)23(30)27(13-24-22)12-21(29)26-18-10-16(31-3)8-9-20(18)32-4/h5-11,13H,12H2,1-4H3,(H,26,29). The first-order valence-electron chi connectivity index (χ1n) is 9.94. The second-order valence-corrected chi connectivity index (χ2v) is 7.30. The summed E-state index contributed by atoms with van der Waals surface area (Å²) in [7, 11) is 3.04. The van der Waals surface area contributed by atoms with Crippen LogP contribution in [0.25, 0.3) is 16.7 Å². The minimum atomic E-state index is -0.401. The maximum absolute atomic E-state index is 13.0. The second kappa shape index (κ2) is 8.54. The zero-order valence-electron chi connectivity index (χ0n) is 18.2. The smallest absolute Gasteiger partial charge is 0.264 e. The Kier molecular flexibility index (Phi) is 5.63. The highest BCUT2D eigenvalue weighted by atomic mass is 16.5. The summed E-state index contributed by atoms with van der Waals surface area (Å²) in [5.41, 5.74) is 3.56. The second-order valence-electron chi connectivity index (χ2n) is 7.30. The van der Waals surface area contributed by atoms with Gasteiger partial charge < -0.3 is 14.8 Å². The first kappa shape index (κ1) is 21.1. The number of rotatable bonds is 6. The Balaban J connectivity index is 1.63. The van der Waals surface area contributed by atoms with Gasteiger partial charge >= 0.3 is 0 Å². The molecule has 4 rings (SSSR count). The highest BCUT2D eigenvalue weighted by Gasteiger charge is 2.16. The average molecular weight is 433 g/mol. The van der Waals surface area contributed by atoms with Gasteiger partial charge in [0.25, 0.3) is 5.56 Å². The number of aryl methyl sites for hydroxylation is 1.